The second-order valence-electron chi connectivity index (χ2n) is 5.95. The van der Waals surface area contributed by atoms with Gasteiger partial charge >= 0.3 is 0 Å². The molecule has 0 fully saturated rings. The standard InChI is InChI=1S/C15H32N2/c1-8-13(14(9-2)16-7)12(3)10-11-17-15(4,5)6/h9,12-13,16-17H,8,10-11H2,1-7H3. The Kier molecular flexibility index (Phi) is 7.53. The normalized spacial score (nSPS) is 16.8. The minimum Gasteiger partial charge on any atom is -0.391 e. The summed E-state index contributed by atoms with van der Waals surface area (Å²) >= 11 is 0. The molecule has 2 atom stereocenters. The molecular formula is C15H32N2. The molecule has 0 radical (unpaired) electrons. The molecule has 17 heavy (non-hydrogen) atoms. The lowest BCUT2D eigenvalue weighted by molar-refractivity contribution is 0.331. The Hall–Kier alpha value is -0.500. The van der Waals surface area contributed by atoms with E-state index >= 15 is 0 Å². The smallest absolute Gasteiger partial charge is 0.00965 e. The quantitative estimate of drug-likeness (QED) is 0.711. The molecule has 0 aliphatic carbocycles. The second-order valence-corrected chi connectivity index (χ2v) is 5.95. The molecule has 0 aromatic heterocycles. The van der Waals surface area contributed by atoms with Gasteiger partial charge in [0.2, 0.25) is 0 Å². The van der Waals surface area contributed by atoms with Crippen molar-refractivity contribution in [2.45, 2.75) is 59.9 Å². The highest BCUT2D eigenvalue weighted by Crippen LogP contribution is 2.24. The van der Waals surface area contributed by atoms with Crippen LogP contribution in [0.25, 0.3) is 0 Å². The van der Waals surface area contributed by atoms with Gasteiger partial charge in [0.05, 0.1) is 0 Å². The highest BCUT2D eigenvalue weighted by molar-refractivity contribution is 5.03. The van der Waals surface area contributed by atoms with Gasteiger partial charge in [0.15, 0.2) is 0 Å². The van der Waals surface area contributed by atoms with Gasteiger partial charge in [0.25, 0.3) is 0 Å². The molecule has 0 amide bonds. The summed E-state index contributed by atoms with van der Waals surface area (Å²) in [6.45, 7) is 14.5. The van der Waals surface area contributed by atoms with Gasteiger partial charge < -0.3 is 10.6 Å². The zero-order valence-corrected chi connectivity index (χ0v) is 12.9. The fourth-order valence-electron chi connectivity index (χ4n) is 2.35. The maximum Gasteiger partial charge on any atom is 0.00965 e. The first kappa shape index (κ1) is 16.5. The zero-order chi connectivity index (χ0) is 13.5. The molecule has 0 spiro atoms. The van der Waals surface area contributed by atoms with Crippen LogP contribution in [0.1, 0.15) is 54.4 Å². The van der Waals surface area contributed by atoms with Crippen molar-refractivity contribution < 1.29 is 0 Å². The summed E-state index contributed by atoms with van der Waals surface area (Å²) in [5, 5.41) is 6.90. The Morgan fingerprint density at radius 1 is 1.29 bits per heavy atom. The van der Waals surface area contributed by atoms with Gasteiger partial charge in [-0.15, -0.1) is 0 Å². The van der Waals surface area contributed by atoms with Gasteiger partial charge in [-0.1, -0.05) is 19.9 Å². The van der Waals surface area contributed by atoms with E-state index in [0.717, 1.165) is 6.54 Å². The van der Waals surface area contributed by atoms with Gasteiger partial charge in [-0.2, -0.15) is 0 Å². The monoisotopic (exact) mass is 240 g/mol. The van der Waals surface area contributed by atoms with Crippen molar-refractivity contribution in [3.8, 4) is 0 Å². The van der Waals surface area contributed by atoms with Crippen LogP contribution in [0.5, 0.6) is 0 Å². The van der Waals surface area contributed by atoms with Crippen LogP contribution in [0.3, 0.4) is 0 Å². The third kappa shape index (κ3) is 6.72. The van der Waals surface area contributed by atoms with Crippen molar-refractivity contribution in [1.82, 2.24) is 10.6 Å². The molecule has 0 heterocycles. The molecule has 2 unspecified atom stereocenters. The molecule has 0 rings (SSSR count). The average Bonchev–Trinajstić information content (AvgIpc) is 2.23. The summed E-state index contributed by atoms with van der Waals surface area (Å²) in [5.41, 5.74) is 1.61. The molecule has 102 valence electrons. The van der Waals surface area contributed by atoms with Crippen LogP contribution in [0.15, 0.2) is 11.8 Å². The van der Waals surface area contributed by atoms with E-state index in [-0.39, 0.29) is 5.54 Å². The van der Waals surface area contributed by atoms with E-state index in [1.807, 2.05) is 7.05 Å². The first-order chi connectivity index (χ1) is 7.85. The van der Waals surface area contributed by atoms with Crippen molar-refractivity contribution in [3.05, 3.63) is 11.8 Å². The predicted octanol–water partition coefficient (Wildman–Crippen LogP) is 3.55. The molecular weight excluding hydrogens is 208 g/mol. The van der Waals surface area contributed by atoms with Crippen molar-refractivity contribution in [1.29, 1.82) is 0 Å². The average molecular weight is 240 g/mol. The summed E-state index contributed by atoms with van der Waals surface area (Å²) in [4.78, 5) is 0. The van der Waals surface area contributed by atoms with Crippen LogP contribution in [0, 0.1) is 11.8 Å². The summed E-state index contributed by atoms with van der Waals surface area (Å²) in [6, 6.07) is 0. The Bertz CT molecular complexity index is 226. The van der Waals surface area contributed by atoms with Crippen LogP contribution in [0.4, 0.5) is 0 Å². The molecule has 0 bridgehead atoms. The molecule has 2 nitrogen and oxygen atoms in total. The van der Waals surface area contributed by atoms with Crippen LogP contribution in [0.2, 0.25) is 0 Å². The van der Waals surface area contributed by atoms with Gasteiger partial charge in [0.1, 0.15) is 0 Å². The number of nitrogens with one attached hydrogen (secondary N) is 2. The van der Waals surface area contributed by atoms with Crippen LogP contribution in [-0.2, 0) is 0 Å². The highest BCUT2D eigenvalue weighted by Gasteiger charge is 2.19. The third-order valence-corrected chi connectivity index (χ3v) is 3.38. The Balaban J connectivity index is 4.22. The highest BCUT2D eigenvalue weighted by atomic mass is 14.9. The van der Waals surface area contributed by atoms with Gasteiger partial charge in [0, 0.05) is 24.2 Å². The molecule has 0 aromatic carbocycles. The molecule has 0 aromatic rings. The largest absolute Gasteiger partial charge is 0.391 e. The fraction of sp³-hybridized carbons (Fsp3) is 0.867. The van der Waals surface area contributed by atoms with Crippen molar-refractivity contribution in [2.24, 2.45) is 11.8 Å². The van der Waals surface area contributed by atoms with E-state index in [1.54, 1.807) is 0 Å². The minimum atomic E-state index is 0.230. The lowest BCUT2D eigenvalue weighted by Gasteiger charge is -2.27. The molecule has 2 N–H and O–H groups in total. The number of hydrogen-bond acceptors (Lipinski definition) is 2. The predicted molar refractivity (Wildman–Crippen MR) is 78.1 cm³/mol. The number of allylic oxidation sites excluding steroid dienone is 2. The lowest BCUT2D eigenvalue weighted by atomic mass is 9.86. The number of rotatable bonds is 7. The molecule has 2 heteroatoms. The number of hydrogen-bond donors (Lipinski definition) is 2. The van der Waals surface area contributed by atoms with Crippen LogP contribution in [-0.4, -0.2) is 19.1 Å². The van der Waals surface area contributed by atoms with Gasteiger partial charge in [-0.3, -0.25) is 0 Å². The molecule has 0 aliphatic rings. The third-order valence-electron chi connectivity index (χ3n) is 3.38. The molecule has 0 saturated heterocycles. The van der Waals surface area contributed by atoms with E-state index in [1.165, 1.54) is 18.5 Å². The van der Waals surface area contributed by atoms with Crippen molar-refractivity contribution in [2.75, 3.05) is 13.6 Å². The second kappa shape index (κ2) is 7.75. The summed E-state index contributed by atoms with van der Waals surface area (Å²) in [7, 11) is 2.03. The molecule has 0 saturated carbocycles. The SMILES string of the molecule is CC=C(NC)C(CC)C(C)CCNC(C)(C)C. The lowest BCUT2D eigenvalue weighted by Crippen LogP contribution is -2.37. The van der Waals surface area contributed by atoms with Crippen LogP contribution < -0.4 is 10.6 Å². The van der Waals surface area contributed by atoms with Gasteiger partial charge in [-0.05, 0) is 53.0 Å². The van der Waals surface area contributed by atoms with E-state index in [4.69, 9.17) is 0 Å². The van der Waals surface area contributed by atoms with Crippen molar-refractivity contribution >= 4 is 0 Å². The maximum absolute atomic E-state index is 3.57. The first-order valence-corrected chi connectivity index (χ1v) is 6.94. The minimum absolute atomic E-state index is 0.230. The Morgan fingerprint density at radius 3 is 2.24 bits per heavy atom. The zero-order valence-electron chi connectivity index (χ0n) is 12.9. The molecule has 0 aliphatic heterocycles. The van der Waals surface area contributed by atoms with E-state index in [0.29, 0.717) is 11.8 Å². The van der Waals surface area contributed by atoms with Gasteiger partial charge in [-0.25, -0.2) is 0 Å². The topological polar surface area (TPSA) is 24.1 Å². The van der Waals surface area contributed by atoms with E-state index in [9.17, 15) is 0 Å². The van der Waals surface area contributed by atoms with Crippen molar-refractivity contribution in [3.63, 3.8) is 0 Å². The van der Waals surface area contributed by atoms with E-state index in [2.05, 4.69) is 58.3 Å². The summed E-state index contributed by atoms with van der Waals surface area (Å²) in [5.74, 6) is 1.38. The Morgan fingerprint density at radius 2 is 1.88 bits per heavy atom. The Labute approximate surface area is 108 Å². The first-order valence-electron chi connectivity index (χ1n) is 6.94. The van der Waals surface area contributed by atoms with Crippen LogP contribution >= 0.6 is 0 Å². The van der Waals surface area contributed by atoms with E-state index < -0.39 is 0 Å². The maximum atomic E-state index is 3.57. The summed E-state index contributed by atoms with van der Waals surface area (Å²) < 4.78 is 0. The summed E-state index contributed by atoms with van der Waals surface area (Å²) in [6.07, 6.45) is 4.65. The fourth-order valence-corrected chi connectivity index (χ4v) is 2.35.